The van der Waals surface area contributed by atoms with Crippen molar-refractivity contribution in [2.75, 3.05) is 26.0 Å². The van der Waals surface area contributed by atoms with E-state index < -0.39 is 17.5 Å². The van der Waals surface area contributed by atoms with E-state index in [9.17, 15) is 14.4 Å². The highest BCUT2D eigenvalue weighted by Gasteiger charge is 2.43. The molecule has 1 saturated heterocycles. The maximum Gasteiger partial charge on any atom is 0.324 e. The van der Waals surface area contributed by atoms with E-state index in [0.29, 0.717) is 13.1 Å². The maximum absolute atomic E-state index is 12.0. The van der Waals surface area contributed by atoms with Gasteiger partial charge < -0.3 is 9.80 Å². The Morgan fingerprint density at radius 3 is 2.56 bits per heavy atom. The number of hydrogen-bond donors (Lipinski definition) is 1. The average Bonchev–Trinajstić information content (AvgIpc) is 2.26. The number of urea groups is 1. The zero-order valence-corrected chi connectivity index (χ0v) is 11.6. The van der Waals surface area contributed by atoms with Gasteiger partial charge in [0.25, 0.3) is 0 Å². The molecule has 18 heavy (non-hydrogen) atoms. The molecule has 0 aromatic heterocycles. The van der Waals surface area contributed by atoms with Crippen molar-refractivity contribution in [3.8, 4) is 0 Å². The Labute approximate surface area is 111 Å². The number of rotatable bonds is 2. The molecule has 0 unspecified atom stereocenters. The fourth-order valence-electron chi connectivity index (χ4n) is 1.90. The summed E-state index contributed by atoms with van der Waals surface area (Å²) in [5.74, 6) is -0.421. The quantitative estimate of drug-likeness (QED) is 0.742. The first-order chi connectivity index (χ1) is 8.30. The Bertz CT molecular complexity index is 371. The van der Waals surface area contributed by atoms with Gasteiger partial charge in [-0.05, 0) is 13.8 Å². The zero-order chi connectivity index (χ0) is 13.9. The van der Waals surface area contributed by atoms with Crippen LogP contribution in [0.25, 0.3) is 0 Å². The predicted molar refractivity (Wildman–Crippen MR) is 67.3 cm³/mol. The molecule has 7 heteroatoms. The highest BCUT2D eigenvalue weighted by atomic mass is 35.5. The van der Waals surface area contributed by atoms with E-state index in [4.69, 9.17) is 11.6 Å². The summed E-state index contributed by atoms with van der Waals surface area (Å²) in [7, 11) is 1.69. The summed E-state index contributed by atoms with van der Waals surface area (Å²) in [5.41, 5.74) is -0.946. The van der Waals surface area contributed by atoms with Crippen molar-refractivity contribution in [3.05, 3.63) is 0 Å². The van der Waals surface area contributed by atoms with Crippen LogP contribution in [0.3, 0.4) is 0 Å². The molecule has 4 amide bonds. The third-order valence-corrected chi connectivity index (χ3v) is 3.21. The van der Waals surface area contributed by atoms with Crippen LogP contribution in [-0.4, -0.2) is 59.2 Å². The SMILES string of the molecule is CN1CCN(C(=O)NC(=O)CCCl)C(C)(C)C1=O. The van der Waals surface area contributed by atoms with Gasteiger partial charge in [-0.25, -0.2) is 4.79 Å². The van der Waals surface area contributed by atoms with Crippen molar-refractivity contribution in [2.45, 2.75) is 25.8 Å². The molecule has 0 aromatic rings. The van der Waals surface area contributed by atoms with E-state index in [1.54, 1.807) is 25.8 Å². The lowest BCUT2D eigenvalue weighted by atomic mass is 9.98. The van der Waals surface area contributed by atoms with Gasteiger partial charge >= 0.3 is 6.03 Å². The second-order valence-electron chi connectivity index (χ2n) is 4.73. The number of carbonyl (C=O) groups is 3. The van der Waals surface area contributed by atoms with Crippen LogP contribution < -0.4 is 5.32 Å². The van der Waals surface area contributed by atoms with Gasteiger partial charge in [0.15, 0.2) is 0 Å². The summed E-state index contributed by atoms with van der Waals surface area (Å²) >= 11 is 5.42. The lowest BCUT2D eigenvalue weighted by Gasteiger charge is -2.44. The van der Waals surface area contributed by atoms with E-state index >= 15 is 0 Å². The van der Waals surface area contributed by atoms with Crippen molar-refractivity contribution in [3.63, 3.8) is 0 Å². The molecule has 0 aliphatic carbocycles. The molecule has 1 aliphatic rings. The molecule has 102 valence electrons. The van der Waals surface area contributed by atoms with Crippen LogP contribution in [0, 0.1) is 0 Å². The molecular weight excluding hydrogens is 258 g/mol. The van der Waals surface area contributed by atoms with Gasteiger partial charge in [-0.15, -0.1) is 11.6 Å². The zero-order valence-electron chi connectivity index (χ0n) is 10.8. The molecule has 1 aliphatic heterocycles. The summed E-state index contributed by atoms with van der Waals surface area (Å²) in [6.45, 7) is 4.18. The largest absolute Gasteiger partial charge is 0.342 e. The Balaban J connectivity index is 2.74. The monoisotopic (exact) mass is 275 g/mol. The van der Waals surface area contributed by atoms with Gasteiger partial charge in [0.2, 0.25) is 11.8 Å². The second kappa shape index (κ2) is 5.56. The molecular formula is C11H18ClN3O3. The number of amides is 4. The standard InChI is InChI=1S/C11H18ClN3O3/c1-11(2)9(17)14(3)6-7-15(11)10(18)13-8(16)4-5-12/h4-7H2,1-3H3,(H,13,16,18). The van der Waals surface area contributed by atoms with Gasteiger partial charge in [0.1, 0.15) is 5.54 Å². The molecule has 0 spiro atoms. The van der Waals surface area contributed by atoms with Gasteiger partial charge in [-0.1, -0.05) is 0 Å². The minimum absolute atomic E-state index is 0.0788. The lowest BCUT2D eigenvalue weighted by molar-refractivity contribution is -0.144. The summed E-state index contributed by atoms with van der Waals surface area (Å²) in [6.07, 6.45) is 0.0788. The van der Waals surface area contributed by atoms with Gasteiger partial charge in [0, 0.05) is 32.4 Å². The van der Waals surface area contributed by atoms with Crippen molar-refractivity contribution in [1.82, 2.24) is 15.1 Å². The van der Waals surface area contributed by atoms with Crippen molar-refractivity contribution < 1.29 is 14.4 Å². The average molecular weight is 276 g/mol. The van der Waals surface area contributed by atoms with Crippen LogP contribution in [0.4, 0.5) is 4.79 Å². The van der Waals surface area contributed by atoms with Gasteiger partial charge in [-0.2, -0.15) is 0 Å². The Morgan fingerprint density at radius 2 is 2.00 bits per heavy atom. The number of alkyl halides is 1. The van der Waals surface area contributed by atoms with Crippen LogP contribution in [0.2, 0.25) is 0 Å². The van der Waals surface area contributed by atoms with Crippen molar-refractivity contribution in [2.24, 2.45) is 0 Å². The minimum atomic E-state index is -0.946. The predicted octanol–water partition coefficient (Wildman–Crippen LogP) is 0.404. The molecule has 1 N–H and O–H groups in total. The van der Waals surface area contributed by atoms with E-state index in [1.165, 1.54) is 4.90 Å². The molecule has 0 bridgehead atoms. The second-order valence-corrected chi connectivity index (χ2v) is 5.11. The molecule has 0 radical (unpaired) electrons. The summed E-state index contributed by atoms with van der Waals surface area (Å²) in [5, 5.41) is 2.23. The first-order valence-corrected chi connectivity index (χ1v) is 6.27. The fraction of sp³-hybridized carbons (Fsp3) is 0.727. The summed E-state index contributed by atoms with van der Waals surface area (Å²) < 4.78 is 0. The normalized spacial score (nSPS) is 18.8. The third kappa shape index (κ3) is 2.93. The van der Waals surface area contributed by atoms with Crippen LogP contribution in [0.5, 0.6) is 0 Å². The fourth-order valence-corrected chi connectivity index (χ4v) is 2.08. The highest BCUT2D eigenvalue weighted by molar-refractivity contribution is 6.19. The molecule has 1 heterocycles. The Hall–Kier alpha value is -1.30. The van der Waals surface area contributed by atoms with E-state index in [2.05, 4.69) is 5.32 Å². The number of nitrogens with one attached hydrogen (secondary N) is 1. The van der Waals surface area contributed by atoms with E-state index in [0.717, 1.165) is 0 Å². The number of imide groups is 1. The minimum Gasteiger partial charge on any atom is -0.342 e. The molecule has 6 nitrogen and oxygen atoms in total. The molecule has 0 saturated carbocycles. The number of carbonyl (C=O) groups excluding carboxylic acids is 3. The maximum atomic E-state index is 12.0. The Morgan fingerprint density at radius 1 is 1.39 bits per heavy atom. The number of hydrogen-bond acceptors (Lipinski definition) is 3. The van der Waals surface area contributed by atoms with E-state index in [1.807, 2.05) is 0 Å². The van der Waals surface area contributed by atoms with Crippen LogP contribution >= 0.6 is 11.6 Å². The van der Waals surface area contributed by atoms with Crippen molar-refractivity contribution in [1.29, 1.82) is 0 Å². The number of likely N-dealkylation sites (N-methyl/N-ethyl adjacent to an activating group) is 1. The summed E-state index contributed by atoms with van der Waals surface area (Å²) in [4.78, 5) is 38.2. The number of nitrogens with zero attached hydrogens (tertiary/aromatic N) is 2. The molecule has 1 rings (SSSR count). The smallest absolute Gasteiger partial charge is 0.324 e. The Kier molecular flexibility index (Phi) is 4.56. The van der Waals surface area contributed by atoms with Crippen LogP contribution in [-0.2, 0) is 9.59 Å². The van der Waals surface area contributed by atoms with Gasteiger partial charge in [0.05, 0.1) is 0 Å². The van der Waals surface area contributed by atoms with Crippen LogP contribution in [0.15, 0.2) is 0 Å². The number of halogens is 1. The van der Waals surface area contributed by atoms with Crippen LogP contribution in [0.1, 0.15) is 20.3 Å². The molecule has 1 fully saturated rings. The lowest BCUT2D eigenvalue weighted by Crippen LogP contribution is -2.65. The third-order valence-electron chi connectivity index (χ3n) is 3.02. The molecule has 0 atom stereocenters. The first kappa shape index (κ1) is 14.8. The highest BCUT2D eigenvalue weighted by Crippen LogP contribution is 2.21. The van der Waals surface area contributed by atoms with E-state index in [-0.39, 0.29) is 18.2 Å². The topological polar surface area (TPSA) is 69.7 Å². The summed E-state index contributed by atoms with van der Waals surface area (Å²) in [6, 6.07) is -0.545. The molecule has 0 aromatic carbocycles. The number of piperazine rings is 1. The van der Waals surface area contributed by atoms with Crippen molar-refractivity contribution >= 4 is 29.4 Å². The first-order valence-electron chi connectivity index (χ1n) is 5.73. The van der Waals surface area contributed by atoms with Gasteiger partial charge in [-0.3, -0.25) is 14.9 Å².